The number of benzene rings is 3. The Morgan fingerprint density at radius 2 is 1.61 bits per heavy atom. The SMILES string of the molecule is O=C(CCC(=O)N1CCc2ccccc2[C@H]1c1ccccc1)NCc1ccccc1Cl. The monoisotopic (exact) mass is 432 g/mol. The summed E-state index contributed by atoms with van der Waals surface area (Å²) in [5.74, 6) is -0.154. The van der Waals surface area contributed by atoms with Crippen LogP contribution in [-0.2, 0) is 22.6 Å². The van der Waals surface area contributed by atoms with Crippen molar-refractivity contribution in [2.24, 2.45) is 0 Å². The van der Waals surface area contributed by atoms with Crippen molar-refractivity contribution in [1.82, 2.24) is 10.2 Å². The number of nitrogens with one attached hydrogen (secondary N) is 1. The summed E-state index contributed by atoms with van der Waals surface area (Å²) in [7, 11) is 0. The van der Waals surface area contributed by atoms with Crippen LogP contribution in [0.3, 0.4) is 0 Å². The molecule has 2 amide bonds. The molecule has 0 fully saturated rings. The largest absolute Gasteiger partial charge is 0.352 e. The van der Waals surface area contributed by atoms with Crippen LogP contribution in [0.2, 0.25) is 5.02 Å². The normalized spacial score (nSPS) is 15.3. The maximum atomic E-state index is 13.1. The molecule has 1 atom stereocenters. The van der Waals surface area contributed by atoms with Crippen LogP contribution in [0.15, 0.2) is 78.9 Å². The standard InChI is InChI=1S/C26H25ClN2O2/c27-23-13-7-5-11-21(23)18-28-24(30)14-15-25(31)29-17-16-19-8-4-6-12-22(19)26(29)20-9-2-1-3-10-20/h1-13,26H,14-18H2,(H,28,30)/t26-/m1/s1. The summed E-state index contributed by atoms with van der Waals surface area (Å²) in [5, 5.41) is 3.48. The molecule has 0 bridgehead atoms. The molecule has 0 saturated carbocycles. The highest BCUT2D eigenvalue weighted by molar-refractivity contribution is 6.31. The van der Waals surface area contributed by atoms with E-state index in [0.717, 1.165) is 23.1 Å². The van der Waals surface area contributed by atoms with Gasteiger partial charge in [0.25, 0.3) is 0 Å². The third kappa shape index (κ3) is 4.97. The van der Waals surface area contributed by atoms with Crippen LogP contribution in [0.1, 0.15) is 41.1 Å². The van der Waals surface area contributed by atoms with Gasteiger partial charge in [0.05, 0.1) is 6.04 Å². The zero-order chi connectivity index (χ0) is 21.6. The fourth-order valence-corrected chi connectivity index (χ4v) is 4.32. The van der Waals surface area contributed by atoms with Gasteiger partial charge in [-0.3, -0.25) is 9.59 Å². The summed E-state index contributed by atoms with van der Waals surface area (Å²) in [5.41, 5.74) is 4.39. The van der Waals surface area contributed by atoms with E-state index in [0.29, 0.717) is 18.1 Å². The number of hydrogen-bond acceptors (Lipinski definition) is 2. The number of amides is 2. The fourth-order valence-electron chi connectivity index (χ4n) is 4.12. The molecule has 1 aliphatic rings. The van der Waals surface area contributed by atoms with E-state index in [9.17, 15) is 9.59 Å². The van der Waals surface area contributed by atoms with Crippen molar-refractivity contribution < 1.29 is 9.59 Å². The molecule has 0 aromatic heterocycles. The Kier molecular flexibility index (Phi) is 6.68. The van der Waals surface area contributed by atoms with Crippen molar-refractivity contribution in [1.29, 1.82) is 0 Å². The van der Waals surface area contributed by atoms with E-state index in [-0.39, 0.29) is 30.7 Å². The first-order chi connectivity index (χ1) is 15.1. The van der Waals surface area contributed by atoms with Crippen molar-refractivity contribution >= 4 is 23.4 Å². The number of carbonyl (C=O) groups excluding carboxylic acids is 2. The van der Waals surface area contributed by atoms with E-state index < -0.39 is 0 Å². The lowest BCUT2D eigenvalue weighted by molar-refractivity contribution is -0.135. The lowest BCUT2D eigenvalue weighted by atomic mass is 9.88. The molecule has 1 aliphatic heterocycles. The van der Waals surface area contributed by atoms with Gasteiger partial charge >= 0.3 is 0 Å². The number of fused-ring (bicyclic) bond motifs is 1. The zero-order valence-corrected chi connectivity index (χ0v) is 18.0. The average Bonchev–Trinajstić information content (AvgIpc) is 2.81. The van der Waals surface area contributed by atoms with Gasteiger partial charge in [-0.15, -0.1) is 0 Å². The number of nitrogens with zero attached hydrogens (tertiary/aromatic N) is 1. The molecular formula is C26H25ClN2O2. The first-order valence-electron chi connectivity index (χ1n) is 10.6. The highest BCUT2D eigenvalue weighted by Crippen LogP contribution is 2.35. The Labute approximate surface area is 187 Å². The van der Waals surface area contributed by atoms with Crippen LogP contribution < -0.4 is 5.32 Å². The third-order valence-electron chi connectivity index (χ3n) is 5.72. The fraction of sp³-hybridized carbons (Fsp3) is 0.231. The van der Waals surface area contributed by atoms with Gasteiger partial charge in [0.2, 0.25) is 11.8 Å². The van der Waals surface area contributed by atoms with Gasteiger partial charge in [0, 0.05) is 31.0 Å². The summed E-state index contributed by atoms with van der Waals surface area (Å²) in [4.78, 5) is 27.4. The summed E-state index contributed by atoms with van der Waals surface area (Å²) in [6.07, 6.45) is 1.16. The van der Waals surface area contributed by atoms with Gasteiger partial charge in [-0.05, 0) is 34.7 Å². The van der Waals surface area contributed by atoms with E-state index in [1.165, 1.54) is 5.56 Å². The van der Waals surface area contributed by atoms with Crippen LogP contribution in [0.25, 0.3) is 0 Å². The number of carbonyl (C=O) groups is 2. The molecule has 0 radical (unpaired) electrons. The van der Waals surface area contributed by atoms with E-state index in [2.05, 4.69) is 29.6 Å². The maximum absolute atomic E-state index is 13.1. The number of rotatable bonds is 6. The Morgan fingerprint density at radius 1 is 0.903 bits per heavy atom. The minimum atomic E-state index is -0.151. The second kappa shape index (κ2) is 9.80. The molecule has 0 spiro atoms. The van der Waals surface area contributed by atoms with Gasteiger partial charge in [0.15, 0.2) is 0 Å². The van der Waals surface area contributed by atoms with E-state index in [4.69, 9.17) is 11.6 Å². The minimum absolute atomic E-state index is 0.00347. The molecule has 0 aliphatic carbocycles. The van der Waals surface area contributed by atoms with Crippen LogP contribution in [0.5, 0.6) is 0 Å². The van der Waals surface area contributed by atoms with E-state index >= 15 is 0 Å². The minimum Gasteiger partial charge on any atom is -0.352 e. The van der Waals surface area contributed by atoms with Gasteiger partial charge in [-0.1, -0.05) is 84.4 Å². The first kappa shape index (κ1) is 21.1. The zero-order valence-electron chi connectivity index (χ0n) is 17.3. The second-order valence-corrected chi connectivity index (χ2v) is 8.12. The van der Waals surface area contributed by atoms with Crippen molar-refractivity contribution in [2.45, 2.75) is 31.8 Å². The smallest absolute Gasteiger partial charge is 0.223 e. The molecule has 0 saturated heterocycles. The van der Waals surface area contributed by atoms with Gasteiger partial charge in [0.1, 0.15) is 0 Å². The summed E-state index contributed by atoms with van der Waals surface area (Å²) in [6, 6.07) is 25.7. The van der Waals surface area contributed by atoms with Crippen molar-refractivity contribution in [3.63, 3.8) is 0 Å². The molecule has 4 rings (SSSR count). The maximum Gasteiger partial charge on any atom is 0.223 e. The Balaban J connectivity index is 1.42. The molecule has 5 heteroatoms. The quantitative estimate of drug-likeness (QED) is 0.601. The van der Waals surface area contributed by atoms with Crippen molar-refractivity contribution in [2.75, 3.05) is 6.54 Å². The van der Waals surface area contributed by atoms with E-state index in [1.54, 1.807) is 6.07 Å². The summed E-state index contributed by atoms with van der Waals surface area (Å²) < 4.78 is 0. The predicted molar refractivity (Wildman–Crippen MR) is 123 cm³/mol. The number of hydrogen-bond donors (Lipinski definition) is 1. The van der Waals surface area contributed by atoms with Gasteiger partial charge in [-0.25, -0.2) is 0 Å². The summed E-state index contributed by atoms with van der Waals surface area (Å²) >= 11 is 6.14. The van der Waals surface area contributed by atoms with Crippen molar-refractivity contribution in [3.05, 3.63) is 106 Å². The highest BCUT2D eigenvalue weighted by atomic mass is 35.5. The number of halogens is 1. The van der Waals surface area contributed by atoms with E-state index in [1.807, 2.05) is 53.4 Å². The molecular weight excluding hydrogens is 408 g/mol. The van der Waals surface area contributed by atoms with Crippen LogP contribution in [0.4, 0.5) is 0 Å². The molecule has 0 unspecified atom stereocenters. The Hall–Kier alpha value is -3.11. The summed E-state index contributed by atoms with van der Waals surface area (Å²) in [6.45, 7) is 1.01. The third-order valence-corrected chi connectivity index (χ3v) is 6.09. The Bertz CT molecular complexity index is 1070. The van der Waals surface area contributed by atoms with Crippen LogP contribution in [-0.4, -0.2) is 23.3 Å². The molecule has 3 aromatic rings. The topological polar surface area (TPSA) is 49.4 Å². The van der Waals surface area contributed by atoms with Crippen LogP contribution >= 0.6 is 11.6 Å². The van der Waals surface area contributed by atoms with Gasteiger partial charge in [-0.2, -0.15) is 0 Å². The van der Waals surface area contributed by atoms with Crippen LogP contribution in [0, 0.1) is 0 Å². The van der Waals surface area contributed by atoms with Gasteiger partial charge < -0.3 is 10.2 Å². The lowest BCUT2D eigenvalue weighted by Gasteiger charge is -2.38. The predicted octanol–water partition coefficient (Wildman–Crippen LogP) is 4.91. The molecule has 1 heterocycles. The van der Waals surface area contributed by atoms with Crippen molar-refractivity contribution in [3.8, 4) is 0 Å². The molecule has 158 valence electrons. The molecule has 31 heavy (non-hydrogen) atoms. The average molecular weight is 433 g/mol. The molecule has 1 N–H and O–H groups in total. The second-order valence-electron chi connectivity index (χ2n) is 7.72. The lowest BCUT2D eigenvalue weighted by Crippen LogP contribution is -2.41. The Morgan fingerprint density at radius 3 is 2.42 bits per heavy atom. The molecule has 4 nitrogen and oxygen atoms in total. The first-order valence-corrected chi connectivity index (χ1v) is 10.9. The highest BCUT2D eigenvalue weighted by Gasteiger charge is 2.31. The molecule has 3 aromatic carbocycles.